The Balaban J connectivity index is 2.12. The van der Waals surface area contributed by atoms with Gasteiger partial charge in [0.1, 0.15) is 11.9 Å². The molecule has 16 heavy (non-hydrogen) atoms. The third-order valence-electron chi connectivity index (χ3n) is 3.08. The van der Waals surface area contributed by atoms with Crippen LogP contribution in [0.25, 0.3) is 0 Å². The lowest BCUT2D eigenvalue weighted by Gasteiger charge is -2.32. The number of thioether (sulfide) groups is 1. The average molecular weight is 237 g/mol. The minimum absolute atomic E-state index is 0.361. The number of nitrogens with one attached hydrogen (secondary N) is 1. The lowest BCUT2D eigenvalue weighted by molar-refractivity contribution is 0.149. The molecular weight excluding hydrogens is 218 g/mol. The molecule has 1 aliphatic heterocycles. The molecule has 0 fully saturated rings. The Morgan fingerprint density at radius 3 is 3.00 bits per heavy atom. The maximum absolute atomic E-state index is 6.01. The number of para-hydroxylation sites is 1. The van der Waals surface area contributed by atoms with Crippen LogP contribution in [0.3, 0.4) is 0 Å². The standard InChI is InChI=1S/C13H19NOS/c1-14-12-9-10(7-8-16-2)15-13-6-4-3-5-11(12)13/h3-6,10,12,14H,7-9H2,1-2H3. The van der Waals surface area contributed by atoms with Gasteiger partial charge < -0.3 is 10.1 Å². The first-order chi connectivity index (χ1) is 7.85. The summed E-state index contributed by atoms with van der Waals surface area (Å²) in [4.78, 5) is 0. The number of hydrogen-bond donors (Lipinski definition) is 1. The highest BCUT2D eigenvalue weighted by Crippen LogP contribution is 2.35. The van der Waals surface area contributed by atoms with Crippen LogP contribution in [0.15, 0.2) is 24.3 Å². The quantitative estimate of drug-likeness (QED) is 0.870. The molecule has 0 bridgehead atoms. The second kappa shape index (κ2) is 5.60. The Hall–Kier alpha value is -0.670. The molecule has 1 aromatic rings. The normalized spacial score (nSPS) is 23.6. The van der Waals surface area contributed by atoms with Crippen molar-refractivity contribution in [2.45, 2.75) is 25.0 Å². The van der Waals surface area contributed by atoms with Crippen molar-refractivity contribution in [2.24, 2.45) is 0 Å². The summed E-state index contributed by atoms with van der Waals surface area (Å²) in [6.07, 6.45) is 4.72. The van der Waals surface area contributed by atoms with Crippen molar-refractivity contribution in [1.82, 2.24) is 5.32 Å². The zero-order chi connectivity index (χ0) is 11.4. The Kier molecular flexibility index (Phi) is 4.13. The second-order valence-corrected chi connectivity index (χ2v) is 5.12. The van der Waals surface area contributed by atoms with E-state index in [-0.39, 0.29) is 0 Å². The number of hydrogen-bond acceptors (Lipinski definition) is 3. The van der Waals surface area contributed by atoms with E-state index in [0.29, 0.717) is 12.1 Å². The third kappa shape index (κ3) is 2.53. The molecule has 0 spiro atoms. The van der Waals surface area contributed by atoms with E-state index in [1.165, 1.54) is 11.3 Å². The number of fused-ring (bicyclic) bond motifs is 1. The summed E-state index contributed by atoms with van der Waals surface area (Å²) in [7, 11) is 2.03. The number of benzene rings is 1. The van der Waals surface area contributed by atoms with Crippen LogP contribution in [0.2, 0.25) is 0 Å². The monoisotopic (exact) mass is 237 g/mol. The highest BCUT2D eigenvalue weighted by molar-refractivity contribution is 7.98. The van der Waals surface area contributed by atoms with E-state index < -0.39 is 0 Å². The van der Waals surface area contributed by atoms with Crippen molar-refractivity contribution in [1.29, 1.82) is 0 Å². The summed E-state index contributed by atoms with van der Waals surface area (Å²) in [5, 5.41) is 3.38. The first-order valence-electron chi connectivity index (χ1n) is 5.77. The predicted octanol–water partition coefficient (Wildman–Crippen LogP) is 2.85. The smallest absolute Gasteiger partial charge is 0.124 e. The zero-order valence-electron chi connectivity index (χ0n) is 9.90. The maximum Gasteiger partial charge on any atom is 0.124 e. The van der Waals surface area contributed by atoms with Gasteiger partial charge in [0.2, 0.25) is 0 Å². The van der Waals surface area contributed by atoms with E-state index in [9.17, 15) is 0 Å². The first kappa shape index (κ1) is 11.8. The van der Waals surface area contributed by atoms with Gasteiger partial charge in [0.25, 0.3) is 0 Å². The highest BCUT2D eigenvalue weighted by Gasteiger charge is 2.26. The summed E-state index contributed by atoms with van der Waals surface area (Å²) in [5.74, 6) is 2.22. The minimum Gasteiger partial charge on any atom is -0.490 e. The van der Waals surface area contributed by atoms with Crippen molar-refractivity contribution in [3.05, 3.63) is 29.8 Å². The van der Waals surface area contributed by atoms with Crippen molar-refractivity contribution in [2.75, 3.05) is 19.1 Å². The van der Waals surface area contributed by atoms with Gasteiger partial charge in [0.05, 0.1) is 0 Å². The van der Waals surface area contributed by atoms with Gasteiger partial charge in [-0.1, -0.05) is 18.2 Å². The number of ether oxygens (including phenoxy) is 1. The van der Waals surface area contributed by atoms with Gasteiger partial charge >= 0.3 is 0 Å². The molecule has 88 valence electrons. The van der Waals surface area contributed by atoms with Crippen molar-refractivity contribution < 1.29 is 4.74 Å². The topological polar surface area (TPSA) is 21.3 Å². The van der Waals surface area contributed by atoms with E-state index in [2.05, 4.69) is 29.8 Å². The Morgan fingerprint density at radius 2 is 2.25 bits per heavy atom. The van der Waals surface area contributed by atoms with Crippen molar-refractivity contribution in [3.63, 3.8) is 0 Å². The number of rotatable bonds is 4. The Bertz CT molecular complexity index is 342. The molecule has 0 aromatic heterocycles. The van der Waals surface area contributed by atoms with E-state index in [0.717, 1.165) is 18.6 Å². The van der Waals surface area contributed by atoms with Gasteiger partial charge in [-0.25, -0.2) is 0 Å². The predicted molar refractivity (Wildman–Crippen MR) is 70.3 cm³/mol. The van der Waals surface area contributed by atoms with Crippen LogP contribution in [0, 0.1) is 0 Å². The fraction of sp³-hybridized carbons (Fsp3) is 0.538. The van der Waals surface area contributed by atoms with Gasteiger partial charge in [0, 0.05) is 18.0 Å². The first-order valence-corrected chi connectivity index (χ1v) is 7.16. The summed E-state index contributed by atoms with van der Waals surface area (Å²) >= 11 is 1.88. The molecule has 0 aliphatic carbocycles. The molecule has 0 radical (unpaired) electrons. The summed E-state index contributed by atoms with van der Waals surface area (Å²) in [5.41, 5.74) is 1.30. The fourth-order valence-corrected chi connectivity index (χ4v) is 2.69. The van der Waals surface area contributed by atoms with Crippen molar-refractivity contribution >= 4 is 11.8 Å². The van der Waals surface area contributed by atoms with E-state index in [1.807, 2.05) is 24.9 Å². The van der Waals surface area contributed by atoms with Gasteiger partial charge in [-0.05, 0) is 31.5 Å². The van der Waals surface area contributed by atoms with Crippen LogP contribution >= 0.6 is 11.8 Å². The fourth-order valence-electron chi connectivity index (χ4n) is 2.19. The van der Waals surface area contributed by atoms with E-state index >= 15 is 0 Å². The molecule has 2 nitrogen and oxygen atoms in total. The molecule has 0 saturated heterocycles. The van der Waals surface area contributed by atoms with Crippen LogP contribution in [-0.2, 0) is 0 Å². The molecule has 2 atom stereocenters. The van der Waals surface area contributed by atoms with Crippen LogP contribution < -0.4 is 10.1 Å². The van der Waals surface area contributed by atoms with Gasteiger partial charge in [-0.2, -0.15) is 11.8 Å². The lowest BCUT2D eigenvalue weighted by Crippen LogP contribution is -2.31. The molecule has 2 unspecified atom stereocenters. The van der Waals surface area contributed by atoms with Crippen LogP contribution in [0.4, 0.5) is 0 Å². The summed E-state index contributed by atoms with van der Waals surface area (Å²) in [6, 6.07) is 8.79. The minimum atomic E-state index is 0.361. The van der Waals surface area contributed by atoms with Crippen LogP contribution in [0.5, 0.6) is 5.75 Å². The molecule has 1 N–H and O–H groups in total. The maximum atomic E-state index is 6.01. The van der Waals surface area contributed by atoms with Gasteiger partial charge in [-0.15, -0.1) is 0 Å². The summed E-state index contributed by atoms with van der Waals surface area (Å²) in [6.45, 7) is 0. The Labute approximate surface area is 102 Å². The molecule has 3 heteroatoms. The van der Waals surface area contributed by atoms with Crippen molar-refractivity contribution in [3.8, 4) is 5.75 Å². The van der Waals surface area contributed by atoms with Gasteiger partial charge in [0.15, 0.2) is 0 Å². The highest BCUT2D eigenvalue weighted by atomic mass is 32.2. The second-order valence-electron chi connectivity index (χ2n) is 4.14. The average Bonchev–Trinajstić information content (AvgIpc) is 2.35. The lowest BCUT2D eigenvalue weighted by atomic mass is 9.95. The molecule has 1 aliphatic rings. The largest absolute Gasteiger partial charge is 0.490 e. The molecule has 0 saturated carbocycles. The van der Waals surface area contributed by atoms with Gasteiger partial charge in [-0.3, -0.25) is 0 Å². The SMILES string of the molecule is CNC1CC(CCSC)Oc2ccccc21. The third-order valence-corrected chi connectivity index (χ3v) is 3.72. The molecular formula is C13H19NOS. The zero-order valence-corrected chi connectivity index (χ0v) is 10.7. The van der Waals surface area contributed by atoms with Crippen LogP contribution in [-0.4, -0.2) is 25.2 Å². The molecule has 2 rings (SSSR count). The summed E-state index contributed by atoms with van der Waals surface area (Å²) < 4.78 is 6.01. The van der Waals surface area contributed by atoms with E-state index in [4.69, 9.17) is 4.74 Å². The van der Waals surface area contributed by atoms with Crippen LogP contribution in [0.1, 0.15) is 24.4 Å². The molecule has 1 heterocycles. The Morgan fingerprint density at radius 1 is 1.44 bits per heavy atom. The molecule has 0 amide bonds. The van der Waals surface area contributed by atoms with E-state index in [1.54, 1.807) is 0 Å². The molecule has 1 aromatic carbocycles.